The Balaban J connectivity index is 1.33. The van der Waals surface area contributed by atoms with Gasteiger partial charge >= 0.3 is 5.97 Å². The number of aromatic nitrogens is 1. The summed E-state index contributed by atoms with van der Waals surface area (Å²) in [5, 5.41) is 22.2. The summed E-state index contributed by atoms with van der Waals surface area (Å²) >= 11 is 1.66. The SMILES string of the molecule is CC1C(CSc2ccccn2)OC(c2cccc(-c3cccc(CNC(=O)CCCC(=O)O)c3)c2)OC1c1ccc(CO)cc1. The highest BCUT2D eigenvalue weighted by molar-refractivity contribution is 7.99. The Morgan fingerprint density at radius 1 is 0.867 bits per heavy atom. The molecule has 0 bridgehead atoms. The number of thioether (sulfide) groups is 1. The first-order valence-electron chi connectivity index (χ1n) is 15.1. The van der Waals surface area contributed by atoms with Gasteiger partial charge in [0.2, 0.25) is 5.91 Å². The van der Waals surface area contributed by atoms with Crippen molar-refractivity contribution < 1.29 is 29.3 Å². The fourth-order valence-electron chi connectivity index (χ4n) is 5.32. The van der Waals surface area contributed by atoms with Gasteiger partial charge in [0, 0.05) is 42.8 Å². The van der Waals surface area contributed by atoms with Crippen LogP contribution < -0.4 is 5.32 Å². The van der Waals surface area contributed by atoms with E-state index in [0.717, 1.165) is 38.4 Å². The fourth-order valence-corrected chi connectivity index (χ4v) is 6.35. The van der Waals surface area contributed by atoms with Crippen molar-refractivity contribution in [2.24, 2.45) is 5.92 Å². The average molecular weight is 627 g/mol. The van der Waals surface area contributed by atoms with Crippen molar-refractivity contribution in [1.29, 1.82) is 0 Å². The lowest BCUT2D eigenvalue weighted by molar-refractivity contribution is -0.268. The first-order valence-corrected chi connectivity index (χ1v) is 16.1. The molecule has 2 heterocycles. The second kappa shape index (κ2) is 15.8. The predicted molar refractivity (Wildman–Crippen MR) is 173 cm³/mol. The number of carboxylic acid groups (broad SMARTS) is 1. The van der Waals surface area contributed by atoms with Gasteiger partial charge in [-0.25, -0.2) is 4.98 Å². The minimum absolute atomic E-state index is 0.0103. The number of ether oxygens (including phenoxy) is 2. The second-order valence-electron chi connectivity index (χ2n) is 11.2. The normalized spacial score (nSPS) is 19.6. The molecule has 1 amide bonds. The molecule has 0 aliphatic carbocycles. The van der Waals surface area contributed by atoms with Crippen molar-refractivity contribution in [2.75, 3.05) is 5.75 Å². The maximum absolute atomic E-state index is 12.2. The van der Waals surface area contributed by atoms with Gasteiger partial charge in [0.05, 0.1) is 23.8 Å². The van der Waals surface area contributed by atoms with Gasteiger partial charge in [0.15, 0.2) is 6.29 Å². The zero-order valence-electron chi connectivity index (χ0n) is 25.2. The Bertz CT molecular complexity index is 1570. The van der Waals surface area contributed by atoms with Gasteiger partial charge < -0.3 is 25.0 Å². The van der Waals surface area contributed by atoms with Gasteiger partial charge in [-0.3, -0.25) is 9.59 Å². The van der Waals surface area contributed by atoms with Gasteiger partial charge in [-0.1, -0.05) is 73.7 Å². The van der Waals surface area contributed by atoms with E-state index in [4.69, 9.17) is 14.6 Å². The number of carboxylic acids is 1. The van der Waals surface area contributed by atoms with Crippen LogP contribution in [0.15, 0.2) is 102 Å². The van der Waals surface area contributed by atoms with Crippen LogP contribution >= 0.6 is 11.8 Å². The molecule has 0 radical (unpaired) electrons. The van der Waals surface area contributed by atoms with Crippen molar-refractivity contribution in [3.63, 3.8) is 0 Å². The topological polar surface area (TPSA) is 118 Å². The van der Waals surface area contributed by atoms with Crippen molar-refractivity contribution in [3.05, 3.63) is 119 Å². The number of nitrogens with one attached hydrogen (secondary N) is 1. The van der Waals surface area contributed by atoms with Crippen LogP contribution in [0.1, 0.15) is 60.8 Å². The molecule has 1 fully saturated rings. The molecule has 1 aromatic heterocycles. The highest BCUT2D eigenvalue weighted by Crippen LogP contribution is 2.43. The number of aliphatic carboxylic acids is 1. The van der Waals surface area contributed by atoms with Gasteiger partial charge in [-0.15, -0.1) is 11.8 Å². The second-order valence-corrected chi connectivity index (χ2v) is 12.2. The molecular weight excluding hydrogens is 588 g/mol. The Morgan fingerprint density at radius 3 is 2.38 bits per heavy atom. The summed E-state index contributed by atoms with van der Waals surface area (Å²) in [5.74, 6) is -0.285. The standard InChI is InChI=1S/C36H38N2O6S/c1-24-31(23-45-33-12-2-3-18-37-33)43-36(44-35(24)27-16-14-25(22-39)15-17-27)30-10-5-9-29(20-30)28-8-4-7-26(19-28)21-38-32(40)11-6-13-34(41)42/h2-5,7-10,12,14-20,24,31,35-36,39H,6,11,13,21-23H2,1H3,(H,38,40)(H,41,42). The third-order valence-electron chi connectivity index (χ3n) is 7.86. The first-order chi connectivity index (χ1) is 21.9. The van der Waals surface area contributed by atoms with Crippen LogP contribution in [0.25, 0.3) is 11.1 Å². The summed E-state index contributed by atoms with van der Waals surface area (Å²) in [5.41, 5.74) is 5.73. The zero-order valence-corrected chi connectivity index (χ0v) is 26.0. The van der Waals surface area contributed by atoms with Crippen LogP contribution in [0.2, 0.25) is 0 Å². The number of hydrogen-bond donors (Lipinski definition) is 3. The van der Waals surface area contributed by atoms with Crippen LogP contribution in [0.5, 0.6) is 0 Å². The summed E-state index contributed by atoms with van der Waals surface area (Å²) in [6.45, 7) is 2.50. The molecule has 1 aliphatic rings. The molecule has 1 aliphatic heterocycles. The van der Waals surface area contributed by atoms with E-state index in [2.05, 4.69) is 23.3 Å². The van der Waals surface area contributed by atoms with E-state index in [1.165, 1.54) is 0 Å². The molecular formula is C36H38N2O6S. The number of pyridine rings is 1. The van der Waals surface area contributed by atoms with E-state index in [9.17, 15) is 14.7 Å². The van der Waals surface area contributed by atoms with E-state index >= 15 is 0 Å². The minimum Gasteiger partial charge on any atom is -0.481 e. The van der Waals surface area contributed by atoms with Gasteiger partial charge in [-0.2, -0.15) is 0 Å². The third kappa shape index (κ3) is 9.02. The maximum atomic E-state index is 12.2. The largest absolute Gasteiger partial charge is 0.481 e. The molecule has 9 heteroatoms. The zero-order chi connectivity index (χ0) is 31.6. The van der Waals surface area contributed by atoms with Crippen molar-refractivity contribution in [3.8, 4) is 11.1 Å². The lowest BCUT2D eigenvalue weighted by Crippen LogP contribution is -2.38. The van der Waals surface area contributed by atoms with Gasteiger partial charge in [0.25, 0.3) is 0 Å². The van der Waals surface area contributed by atoms with Gasteiger partial charge in [-0.05, 0) is 58.5 Å². The number of hydrogen-bond acceptors (Lipinski definition) is 7. The first kappa shape index (κ1) is 32.4. The molecule has 4 aromatic rings. The molecule has 234 valence electrons. The molecule has 45 heavy (non-hydrogen) atoms. The summed E-state index contributed by atoms with van der Waals surface area (Å²) in [4.78, 5) is 27.3. The summed E-state index contributed by atoms with van der Waals surface area (Å²) < 4.78 is 13.3. The predicted octanol–water partition coefficient (Wildman–Crippen LogP) is 6.70. The monoisotopic (exact) mass is 626 g/mol. The number of aliphatic hydroxyl groups is 1. The highest BCUT2D eigenvalue weighted by atomic mass is 32.2. The number of nitrogens with zero attached hydrogens (tertiary/aromatic N) is 1. The Labute approximate surface area is 267 Å². The maximum Gasteiger partial charge on any atom is 0.303 e. The van der Waals surface area contributed by atoms with Crippen molar-refractivity contribution in [2.45, 2.75) is 62.9 Å². The molecule has 5 rings (SSSR count). The Kier molecular flexibility index (Phi) is 11.4. The number of rotatable bonds is 13. The lowest BCUT2D eigenvalue weighted by atomic mass is 9.91. The van der Waals surface area contributed by atoms with Crippen LogP contribution in [0.4, 0.5) is 0 Å². The Hall–Kier alpha value is -4.02. The Morgan fingerprint density at radius 2 is 1.64 bits per heavy atom. The summed E-state index contributed by atoms with van der Waals surface area (Å²) in [6, 6.07) is 29.9. The number of aliphatic hydroxyl groups excluding tert-OH is 1. The van der Waals surface area contributed by atoms with E-state index < -0.39 is 12.3 Å². The number of benzene rings is 3. The molecule has 0 saturated carbocycles. The summed E-state index contributed by atoms with van der Waals surface area (Å²) in [7, 11) is 0. The summed E-state index contributed by atoms with van der Waals surface area (Å²) in [6.07, 6.45) is 1.36. The van der Waals surface area contributed by atoms with Crippen molar-refractivity contribution >= 4 is 23.6 Å². The molecule has 4 unspecified atom stereocenters. The fraction of sp³-hybridized carbons (Fsp3) is 0.306. The van der Waals surface area contributed by atoms with Crippen LogP contribution in [0, 0.1) is 5.92 Å². The molecule has 0 spiro atoms. The van der Waals surface area contributed by atoms with E-state index in [-0.39, 0.29) is 43.5 Å². The molecule has 1 saturated heterocycles. The third-order valence-corrected chi connectivity index (χ3v) is 8.89. The van der Waals surface area contributed by atoms with E-state index in [0.29, 0.717) is 18.7 Å². The van der Waals surface area contributed by atoms with E-state index in [1.54, 1.807) is 18.0 Å². The number of amides is 1. The molecule has 3 N–H and O–H groups in total. The van der Waals surface area contributed by atoms with Crippen LogP contribution in [-0.4, -0.2) is 38.9 Å². The number of carbonyl (C=O) groups excluding carboxylic acids is 1. The van der Waals surface area contributed by atoms with E-state index in [1.807, 2.05) is 84.9 Å². The molecule has 8 nitrogen and oxygen atoms in total. The van der Waals surface area contributed by atoms with Crippen LogP contribution in [-0.2, 0) is 32.2 Å². The smallest absolute Gasteiger partial charge is 0.303 e. The average Bonchev–Trinajstić information content (AvgIpc) is 3.07. The highest BCUT2D eigenvalue weighted by Gasteiger charge is 2.38. The molecule has 4 atom stereocenters. The quantitative estimate of drug-likeness (QED) is 0.141. The van der Waals surface area contributed by atoms with Crippen LogP contribution in [0.3, 0.4) is 0 Å². The van der Waals surface area contributed by atoms with Gasteiger partial charge in [0.1, 0.15) is 0 Å². The molecule has 3 aromatic carbocycles. The van der Waals surface area contributed by atoms with Crippen molar-refractivity contribution in [1.82, 2.24) is 10.3 Å². The number of carbonyl (C=O) groups is 2. The minimum atomic E-state index is -0.901. The lowest BCUT2D eigenvalue weighted by Gasteiger charge is -2.41.